The van der Waals surface area contributed by atoms with E-state index in [0.717, 1.165) is 43.6 Å². The second-order valence-electron chi connectivity index (χ2n) is 8.41. The molecule has 1 aliphatic carbocycles. The van der Waals surface area contributed by atoms with Crippen molar-refractivity contribution in [3.63, 3.8) is 0 Å². The van der Waals surface area contributed by atoms with Crippen LogP contribution in [0.3, 0.4) is 0 Å². The van der Waals surface area contributed by atoms with E-state index in [-0.39, 0.29) is 5.75 Å². The summed E-state index contributed by atoms with van der Waals surface area (Å²) in [5.74, 6) is 1.96. The van der Waals surface area contributed by atoms with Crippen molar-refractivity contribution in [1.82, 2.24) is 15.2 Å². The zero-order valence-electron chi connectivity index (χ0n) is 16.5. The Morgan fingerprint density at radius 1 is 1.03 bits per heavy atom. The van der Waals surface area contributed by atoms with Crippen LogP contribution in [0.1, 0.15) is 11.1 Å². The highest BCUT2D eigenvalue weighted by atomic mass is 19.4. The molecule has 3 aromatic rings. The average molecular weight is 415 g/mol. The minimum absolute atomic E-state index is 0.168. The molecule has 2 atom stereocenters. The molecule has 30 heavy (non-hydrogen) atoms. The lowest BCUT2D eigenvalue weighted by Crippen LogP contribution is -2.27. The molecule has 2 unspecified atom stereocenters. The molecule has 1 saturated heterocycles. The van der Waals surface area contributed by atoms with Gasteiger partial charge >= 0.3 is 6.36 Å². The summed E-state index contributed by atoms with van der Waals surface area (Å²) in [7, 11) is 0. The molecule has 2 heterocycles. The van der Waals surface area contributed by atoms with Gasteiger partial charge in [-0.25, -0.2) is 0 Å². The molecule has 1 aromatic heterocycles. The van der Waals surface area contributed by atoms with Crippen LogP contribution in [0.25, 0.3) is 10.9 Å². The lowest BCUT2D eigenvalue weighted by Gasteiger charge is -2.20. The van der Waals surface area contributed by atoms with E-state index in [1.54, 1.807) is 6.07 Å². The molecule has 2 aliphatic rings. The van der Waals surface area contributed by atoms with Crippen molar-refractivity contribution in [3.8, 4) is 5.75 Å². The van der Waals surface area contributed by atoms with Crippen molar-refractivity contribution in [3.05, 3.63) is 65.9 Å². The third-order valence-electron chi connectivity index (χ3n) is 6.31. The summed E-state index contributed by atoms with van der Waals surface area (Å²) in [4.78, 5) is 5.75. The van der Waals surface area contributed by atoms with Crippen LogP contribution in [0, 0.1) is 17.8 Å². The molecular formula is C23H24F3N3O. The van der Waals surface area contributed by atoms with Crippen molar-refractivity contribution in [1.29, 1.82) is 0 Å². The van der Waals surface area contributed by atoms with Crippen molar-refractivity contribution < 1.29 is 17.9 Å². The van der Waals surface area contributed by atoms with Crippen LogP contribution in [0.4, 0.5) is 13.2 Å². The minimum atomic E-state index is -4.66. The fourth-order valence-electron chi connectivity index (χ4n) is 4.86. The number of nitrogens with one attached hydrogen (secondary N) is 2. The molecule has 1 saturated carbocycles. The van der Waals surface area contributed by atoms with Gasteiger partial charge in [-0.05, 0) is 71.1 Å². The Kier molecular flexibility index (Phi) is 4.95. The summed E-state index contributed by atoms with van der Waals surface area (Å²) in [6.07, 6.45) is -2.69. The summed E-state index contributed by atoms with van der Waals surface area (Å²) >= 11 is 0. The molecule has 1 aliphatic heterocycles. The fraction of sp³-hybridized carbons (Fsp3) is 0.391. The molecule has 0 amide bonds. The first-order chi connectivity index (χ1) is 14.4. The van der Waals surface area contributed by atoms with Gasteiger partial charge in [-0.3, -0.25) is 4.90 Å². The normalized spacial score (nSPS) is 23.6. The van der Waals surface area contributed by atoms with Crippen molar-refractivity contribution in [2.45, 2.75) is 19.5 Å². The third-order valence-corrected chi connectivity index (χ3v) is 6.31. The van der Waals surface area contributed by atoms with Gasteiger partial charge in [0.05, 0.1) is 0 Å². The smallest absolute Gasteiger partial charge is 0.406 e. The zero-order chi connectivity index (χ0) is 20.7. The Morgan fingerprint density at radius 2 is 1.87 bits per heavy atom. The molecule has 5 rings (SSSR count). The Morgan fingerprint density at radius 3 is 2.67 bits per heavy atom. The maximum Gasteiger partial charge on any atom is 0.573 e. The maximum atomic E-state index is 12.4. The van der Waals surface area contributed by atoms with Crippen LogP contribution in [0.2, 0.25) is 0 Å². The van der Waals surface area contributed by atoms with Gasteiger partial charge in [0, 0.05) is 37.9 Å². The number of rotatable bonds is 7. The van der Waals surface area contributed by atoms with Crippen molar-refractivity contribution in [2.75, 3.05) is 19.6 Å². The molecule has 158 valence electrons. The van der Waals surface area contributed by atoms with Gasteiger partial charge < -0.3 is 15.0 Å². The lowest BCUT2D eigenvalue weighted by molar-refractivity contribution is -0.274. The quantitative estimate of drug-likeness (QED) is 0.596. The molecule has 2 N–H and O–H groups in total. The Hall–Kier alpha value is -2.51. The van der Waals surface area contributed by atoms with Gasteiger partial charge in [-0.1, -0.05) is 18.2 Å². The topological polar surface area (TPSA) is 40.3 Å². The van der Waals surface area contributed by atoms with Crippen molar-refractivity contribution >= 4 is 10.9 Å². The van der Waals surface area contributed by atoms with Crippen LogP contribution >= 0.6 is 0 Å². The van der Waals surface area contributed by atoms with E-state index in [4.69, 9.17) is 0 Å². The van der Waals surface area contributed by atoms with Crippen LogP contribution in [0.5, 0.6) is 5.75 Å². The first-order valence-electron chi connectivity index (χ1n) is 10.3. The minimum Gasteiger partial charge on any atom is -0.406 e. The number of H-pyrrole nitrogens is 1. The number of halogens is 3. The fourth-order valence-corrected chi connectivity index (χ4v) is 4.86. The summed E-state index contributed by atoms with van der Waals surface area (Å²) in [5, 5.41) is 4.66. The highest BCUT2D eigenvalue weighted by Crippen LogP contribution is 2.51. The van der Waals surface area contributed by atoms with E-state index in [2.05, 4.69) is 44.2 Å². The SMILES string of the molecule is FC(F)(F)Oc1cccc(CNCC2C3CN(Cc4ccc5[nH]ccc5c4)CC23)c1. The van der Waals surface area contributed by atoms with Gasteiger partial charge in [0.2, 0.25) is 0 Å². The molecule has 2 fully saturated rings. The van der Waals surface area contributed by atoms with E-state index in [1.165, 1.54) is 28.6 Å². The molecule has 4 nitrogen and oxygen atoms in total. The number of hydrogen-bond acceptors (Lipinski definition) is 3. The van der Waals surface area contributed by atoms with E-state index in [0.29, 0.717) is 12.5 Å². The van der Waals surface area contributed by atoms with Crippen LogP contribution in [0.15, 0.2) is 54.7 Å². The number of alkyl halides is 3. The van der Waals surface area contributed by atoms with Gasteiger partial charge in [-0.2, -0.15) is 0 Å². The summed E-state index contributed by atoms with van der Waals surface area (Å²) in [6, 6.07) is 14.9. The van der Waals surface area contributed by atoms with Gasteiger partial charge in [-0.15, -0.1) is 13.2 Å². The van der Waals surface area contributed by atoms with E-state index in [9.17, 15) is 13.2 Å². The number of fused-ring (bicyclic) bond motifs is 2. The Balaban J connectivity index is 1.06. The molecule has 0 spiro atoms. The number of aromatic amines is 1. The first-order valence-corrected chi connectivity index (χ1v) is 10.3. The van der Waals surface area contributed by atoms with E-state index >= 15 is 0 Å². The second-order valence-corrected chi connectivity index (χ2v) is 8.41. The summed E-state index contributed by atoms with van der Waals surface area (Å²) in [6.45, 7) is 4.68. The number of piperidine rings is 1. The van der Waals surface area contributed by atoms with Crippen LogP contribution in [-0.2, 0) is 13.1 Å². The van der Waals surface area contributed by atoms with E-state index in [1.807, 2.05) is 12.3 Å². The van der Waals surface area contributed by atoms with Gasteiger partial charge in [0.15, 0.2) is 0 Å². The molecule has 2 aromatic carbocycles. The molecular weight excluding hydrogens is 391 g/mol. The summed E-state index contributed by atoms with van der Waals surface area (Å²) < 4.78 is 41.0. The van der Waals surface area contributed by atoms with Crippen molar-refractivity contribution in [2.24, 2.45) is 17.8 Å². The number of nitrogens with zero attached hydrogens (tertiary/aromatic N) is 1. The Bertz CT molecular complexity index is 1020. The number of hydrogen-bond donors (Lipinski definition) is 2. The highest BCUT2D eigenvalue weighted by Gasteiger charge is 2.54. The number of likely N-dealkylation sites (tertiary alicyclic amines) is 1. The largest absolute Gasteiger partial charge is 0.573 e. The molecule has 0 radical (unpaired) electrons. The predicted octanol–water partition coefficient (Wildman–Crippen LogP) is 4.53. The average Bonchev–Trinajstić information content (AvgIpc) is 3.04. The van der Waals surface area contributed by atoms with Crippen LogP contribution in [-0.4, -0.2) is 35.9 Å². The monoisotopic (exact) mass is 415 g/mol. The lowest BCUT2D eigenvalue weighted by atomic mass is 10.1. The third kappa shape index (κ3) is 4.32. The number of ether oxygens (including phenoxy) is 1. The Labute approximate surface area is 173 Å². The van der Waals surface area contributed by atoms with E-state index < -0.39 is 6.36 Å². The standard InChI is InChI=1S/C23H24F3N3O/c24-23(25,26)30-18-3-1-2-15(9-18)10-27-11-19-20-13-29(14-21(19)20)12-16-4-5-22-17(8-16)6-7-28-22/h1-9,19-21,27-28H,10-14H2. The predicted molar refractivity (Wildman–Crippen MR) is 109 cm³/mol. The molecule has 0 bridgehead atoms. The number of aromatic nitrogens is 1. The van der Waals surface area contributed by atoms with Gasteiger partial charge in [0.25, 0.3) is 0 Å². The highest BCUT2D eigenvalue weighted by molar-refractivity contribution is 5.79. The summed E-state index contributed by atoms with van der Waals surface area (Å²) in [5.41, 5.74) is 3.31. The second kappa shape index (κ2) is 7.63. The maximum absolute atomic E-state index is 12.4. The molecule has 7 heteroatoms. The number of benzene rings is 2. The van der Waals surface area contributed by atoms with Gasteiger partial charge in [0.1, 0.15) is 5.75 Å². The van der Waals surface area contributed by atoms with Crippen LogP contribution < -0.4 is 10.1 Å². The first kappa shape index (κ1) is 19.5. The zero-order valence-corrected chi connectivity index (χ0v) is 16.5.